The second-order valence-electron chi connectivity index (χ2n) is 5.04. The van der Waals surface area contributed by atoms with Gasteiger partial charge in [-0.2, -0.15) is 0 Å². The summed E-state index contributed by atoms with van der Waals surface area (Å²) < 4.78 is 0. The van der Waals surface area contributed by atoms with Gasteiger partial charge in [0.15, 0.2) is 0 Å². The van der Waals surface area contributed by atoms with Crippen molar-refractivity contribution in [2.45, 2.75) is 39.0 Å². The highest BCUT2D eigenvalue weighted by Crippen LogP contribution is 2.63. The Morgan fingerprint density at radius 1 is 1.14 bits per heavy atom. The Kier molecular flexibility index (Phi) is 3.59. The number of allylic oxidation sites excluding steroid dienone is 1. The highest BCUT2D eigenvalue weighted by Gasteiger charge is 2.37. The van der Waals surface area contributed by atoms with E-state index in [-0.39, 0.29) is 10.0 Å². The molecule has 14 heavy (non-hydrogen) atoms. The lowest BCUT2D eigenvalue weighted by Crippen LogP contribution is -2.12. The molecule has 0 amide bonds. The van der Waals surface area contributed by atoms with E-state index in [2.05, 4.69) is 19.1 Å². The molecule has 0 aromatic carbocycles. The number of hydrogen-bond donors (Lipinski definition) is 0. The van der Waals surface area contributed by atoms with E-state index < -0.39 is 0 Å². The van der Waals surface area contributed by atoms with Gasteiger partial charge in [-0.1, -0.05) is 31.4 Å². The first-order chi connectivity index (χ1) is 6.85. The van der Waals surface area contributed by atoms with Crippen LogP contribution in [0.25, 0.3) is 0 Å². The van der Waals surface area contributed by atoms with Gasteiger partial charge in [-0.25, -0.2) is 10.0 Å². The summed E-state index contributed by atoms with van der Waals surface area (Å²) in [6.45, 7) is 2.16. The molecule has 1 aliphatic heterocycles. The van der Waals surface area contributed by atoms with Crippen LogP contribution in [-0.4, -0.2) is 23.0 Å². The van der Waals surface area contributed by atoms with Gasteiger partial charge in [-0.15, -0.1) is 0 Å². The van der Waals surface area contributed by atoms with E-state index in [1.807, 2.05) is 0 Å². The standard InChI is InChI=1S/C13H24S/c1-2-3-9-14(10-11-14)12-13-7-5-4-6-8-13/h2-3,13H,4-12H2,1H3/b3-2-. The van der Waals surface area contributed by atoms with Crippen LogP contribution in [0.4, 0.5) is 0 Å². The van der Waals surface area contributed by atoms with Crippen LogP contribution in [0.1, 0.15) is 39.0 Å². The van der Waals surface area contributed by atoms with E-state index >= 15 is 0 Å². The molecule has 1 heterocycles. The summed E-state index contributed by atoms with van der Waals surface area (Å²) >= 11 is 0. The lowest BCUT2D eigenvalue weighted by atomic mass is 9.91. The van der Waals surface area contributed by atoms with Gasteiger partial charge in [-0.3, -0.25) is 0 Å². The van der Waals surface area contributed by atoms with Crippen molar-refractivity contribution in [3.8, 4) is 0 Å². The highest BCUT2D eigenvalue weighted by atomic mass is 32.3. The maximum Gasteiger partial charge on any atom is -0.00457 e. The van der Waals surface area contributed by atoms with Crippen LogP contribution >= 0.6 is 10.0 Å². The molecule has 2 rings (SSSR count). The van der Waals surface area contributed by atoms with Crippen LogP contribution in [0.3, 0.4) is 0 Å². The van der Waals surface area contributed by atoms with Crippen molar-refractivity contribution in [1.82, 2.24) is 0 Å². The van der Waals surface area contributed by atoms with Gasteiger partial charge in [0.2, 0.25) is 0 Å². The zero-order chi connectivity index (χ0) is 9.86. The van der Waals surface area contributed by atoms with Crippen LogP contribution in [-0.2, 0) is 0 Å². The lowest BCUT2D eigenvalue weighted by Gasteiger charge is -2.28. The molecule has 2 aliphatic rings. The molecule has 82 valence electrons. The molecule has 0 atom stereocenters. The Bertz CT molecular complexity index is 197. The average Bonchev–Trinajstić information content (AvgIpc) is 2.97. The fourth-order valence-electron chi connectivity index (χ4n) is 2.67. The van der Waals surface area contributed by atoms with Gasteiger partial charge in [-0.05, 0) is 48.7 Å². The topological polar surface area (TPSA) is 0 Å². The van der Waals surface area contributed by atoms with Crippen molar-refractivity contribution < 1.29 is 0 Å². The Labute approximate surface area is 90.5 Å². The molecule has 0 nitrogen and oxygen atoms in total. The maximum atomic E-state index is 2.42. The molecule has 1 aliphatic carbocycles. The zero-order valence-corrected chi connectivity index (χ0v) is 10.3. The van der Waals surface area contributed by atoms with Crippen LogP contribution in [0.2, 0.25) is 0 Å². The minimum atomic E-state index is -0.0802. The minimum absolute atomic E-state index is 0.0802. The van der Waals surface area contributed by atoms with Gasteiger partial charge >= 0.3 is 0 Å². The van der Waals surface area contributed by atoms with E-state index in [9.17, 15) is 0 Å². The van der Waals surface area contributed by atoms with Crippen molar-refractivity contribution in [2.75, 3.05) is 23.0 Å². The fourth-order valence-corrected chi connectivity index (χ4v) is 6.35. The Hall–Kier alpha value is 0.0900. The monoisotopic (exact) mass is 212 g/mol. The van der Waals surface area contributed by atoms with Crippen molar-refractivity contribution in [3.63, 3.8) is 0 Å². The second kappa shape index (κ2) is 4.74. The summed E-state index contributed by atoms with van der Waals surface area (Å²) in [6.07, 6.45) is 12.3. The number of hydrogen-bond acceptors (Lipinski definition) is 0. The van der Waals surface area contributed by atoms with Gasteiger partial charge < -0.3 is 0 Å². The van der Waals surface area contributed by atoms with Gasteiger partial charge in [0.25, 0.3) is 0 Å². The molecule has 0 radical (unpaired) electrons. The molecule has 1 saturated heterocycles. The van der Waals surface area contributed by atoms with Crippen LogP contribution in [0.15, 0.2) is 12.2 Å². The van der Waals surface area contributed by atoms with E-state index in [0.717, 1.165) is 5.92 Å². The SMILES string of the molecule is C/C=C\CS1(CC2CCCCC2)CC1. The van der Waals surface area contributed by atoms with E-state index in [4.69, 9.17) is 0 Å². The molecule has 0 aromatic heterocycles. The van der Waals surface area contributed by atoms with Crippen molar-refractivity contribution in [1.29, 1.82) is 0 Å². The third-order valence-corrected chi connectivity index (χ3v) is 7.42. The van der Waals surface area contributed by atoms with Gasteiger partial charge in [0, 0.05) is 0 Å². The quantitative estimate of drug-likeness (QED) is 0.489. The highest BCUT2D eigenvalue weighted by molar-refractivity contribution is 8.39. The summed E-state index contributed by atoms with van der Waals surface area (Å²) in [6, 6.07) is 0. The van der Waals surface area contributed by atoms with Crippen molar-refractivity contribution in [2.24, 2.45) is 5.92 Å². The Balaban J connectivity index is 1.77. The molecule has 0 unspecified atom stereocenters. The molecular weight excluding hydrogens is 188 g/mol. The van der Waals surface area contributed by atoms with Crippen LogP contribution in [0, 0.1) is 5.92 Å². The smallest absolute Gasteiger partial charge is 0.00457 e. The molecule has 1 saturated carbocycles. The molecule has 0 N–H and O–H groups in total. The molecule has 2 fully saturated rings. The first kappa shape index (κ1) is 10.6. The predicted molar refractivity (Wildman–Crippen MR) is 68.4 cm³/mol. The Morgan fingerprint density at radius 3 is 2.43 bits per heavy atom. The first-order valence-corrected chi connectivity index (χ1v) is 8.51. The maximum absolute atomic E-state index is 2.42. The third kappa shape index (κ3) is 2.79. The normalized spacial score (nSPS) is 29.2. The summed E-state index contributed by atoms with van der Waals surface area (Å²) in [5.41, 5.74) is 0. The van der Waals surface area contributed by atoms with Gasteiger partial charge in [0.05, 0.1) is 0 Å². The Morgan fingerprint density at radius 2 is 1.86 bits per heavy atom. The molecule has 0 spiro atoms. The molecule has 0 bridgehead atoms. The largest absolute Gasteiger partial charge is 0.236 e. The third-order valence-electron chi connectivity index (χ3n) is 3.78. The van der Waals surface area contributed by atoms with Crippen LogP contribution in [0.5, 0.6) is 0 Å². The van der Waals surface area contributed by atoms with Gasteiger partial charge in [0.1, 0.15) is 0 Å². The summed E-state index contributed by atoms with van der Waals surface area (Å²) in [4.78, 5) is 0. The van der Waals surface area contributed by atoms with E-state index in [1.165, 1.54) is 25.0 Å². The first-order valence-electron chi connectivity index (χ1n) is 6.20. The second-order valence-corrected chi connectivity index (χ2v) is 8.97. The molecule has 0 aromatic rings. The zero-order valence-electron chi connectivity index (χ0n) is 9.50. The van der Waals surface area contributed by atoms with Crippen molar-refractivity contribution in [3.05, 3.63) is 12.2 Å². The van der Waals surface area contributed by atoms with E-state index in [0.29, 0.717) is 0 Å². The summed E-state index contributed by atoms with van der Waals surface area (Å²) in [7, 11) is -0.0802. The summed E-state index contributed by atoms with van der Waals surface area (Å²) in [5.74, 6) is 7.37. The molecular formula is C13H24S. The minimum Gasteiger partial charge on any atom is -0.236 e. The average molecular weight is 212 g/mol. The van der Waals surface area contributed by atoms with E-state index in [1.54, 1.807) is 30.1 Å². The van der Waals surface area contributed by atoms with Crippen LogP contribution < -0.4 is 0 Å². The molecule has 1 heteroatoms. The fraction of sp³-hybridized carbons (Fsp3) is 0.846. The number of rotatable bonds is 4. The predicted octanol–water partition coefficient (Wildman–Crippen LogP) is 3.96. The summed E-state index contributed by atoms with van der Waals surface area (Å²) in [5, 5.41) is 0. The lowest BCUT2D eigenvalue weighted by molar-refractivity contribution is 0.390. The van der Waals surface area contributed by atoms with Crippen molar-refractivity contribution >= 4 is 10.0 Å².